The Bertz CT molecular complexity index is 329. The number of hydrogen-bond acceptors (Lipinski definition) is 4. The minimum Gasteiger partial charge on any atom is -0.390 e. The maximum Gasteiger partial charge on any atom is 0.156 e. The van der Waals surface area contributed by atoms with Crippen LogP contribution >= 0.6 is 0 Å². The lowest BCUT2D eigenvalue weighted by Crippen LogP contribution is -2.52. The van der Waals surface area contributed by atoms with Gasteiger partial charge in [0.05, 0.1) is 16.1 Å². The summed E-state index contributed by atoms with van der Waals surface area (Å²) in [7, 11) is -1.36. The zero-order valence-electron chi connectivity index (χ0n) is 9.68. The minimum atomic E-state index is -2.96. The van der Waals surface area contributed by atoms with Gasteiger partial charge in [0.15, 0.2) is 9.84 Å². The van der Waals surface area contributed by atoms with E-state index in [9.17, 15) is 13.5 Å². The summed E-state index contributed by atoms with van der Waals surface area (Å²) < 4.78 is 29.0. The van der Waals surface area contributed by atoms with Crippen LogP contribution in [0, 0.1) is 0 Å². The fourth-order valence-electron chi connectivity index (χ4n) is 3.04. The highest BCUT2D eigenvalue weighted by Gasteiger charge is 2.49. The average molecular weight is 248 g/mol. The normalized spacial score (nSPS) is 41.9. The Balaban J connectivity index is 2.14. The zero-order chi connectivity index (χ0) is 11.8. The van der Waals surface area contributed by atoms with Gasteiger partial charge in [-0.1, -0.05) is 6.42 Å². The molecule has 1 N–H and O–H groups in total. The van der Waals surface area contributed by atoms with Gasteiger partial charge in [0.1, 0.15) is 0 Å². The number of ether oxygens (including phenoxy) is 1. The van der Waals surface area contributed by atoms with Crippen molar-refractivity contribution in [3.05, 3.63) is 0 Å². The van der Waals surface area contributed by atoms with Gasteiger partial charge >= 0.3 is 0 Å². The lowest BCUT2D eigenvalue weighted by Gasteiger charge is -2.43. The number of hydrogen-bond donors (Lipinski definition) is 1. The first-order chi connectivity index (χ1) is 7.48. The number of fused-ring (bicyclic) bond motifs is 2. The van der Waals surface area contributed by atoms with E-state index in [4.69, 9.17) is 4.74 Å². The standard InChI is InChI=1S/C11H20O4S/c1-15-6-5-11(12)7-9-3-2-4-10(8-11)16(9,13)14/h9-10,12H,2-8H2,1H3. The summed E-state index contributed by atoms with van der Waals surface area (Å²) in [6.45, 7) is 0.496. The first kappa shape index (κ1) is 12.3. The Morgan fingerprint density at radius 3 is 2.38 bits per heavy atom. The molecule has 0 aromatic carbocycles. The Morgan fingerprint density at radius 2 is 1.88 bits per heavy atom. The predicted octanol–water partition coefficient (Wildman–Crippen LogP) is 0.884. The molecule has 94 valence electrons. The Morgan fingerprint density at radius 1 is 1.31 bits per heavy atom. The number of rotatable bonds is 3. The van der Waals surface area contributed by atoms with Crippen LogP contribution in [0.4, 0.5) is 0 Å². The third-order valence-corrected chi connectivity index (χ3v) is 6.63. The van der Waals surface area contributed by atoms with Crippen molar-refractivity contribution >= 4 is 9.84 Å². The van der Waals surface area contributed by atoms with Crippen molar-refractivity contribution in [1.82, 2.24) is 0 Å². The number of methoxy groups -OCH3 is 1. The van der Waals surface area contributed by atoms with Gasteiger partial charge in [-0.2, -0.15) is 0 Å². The quantitative estimate of drug-likeness (QED) is 0.805. The zero-order valence-corrected chi connectivity index (χ0v) is 10.5. The monoisotopic (exact) mass is 248 g/mol. The molecule has 5 heteroatoms. The molecule has 0 aliphatic carbocycles. The highest BCUT2D eigenvalue weighted by Crippen LogP contribution is 2.42. The first-order valence-electron chi connectivity index (χ1n) is 5.92. The smallest absolute Gasteiger partial charge is 0.156 e. The molecule has 2 saturated heterocycles. The molecule has 2 aliphatic rings. The lowest BCUT2D eigenvalue weighted by atomic mass is 9.83. The molecule has 2 rings (SSSR count). The summed E-state index contributed by atoms with van der Waals surface area (Å²) in [5.41, 5.74) is -0.822. The van der Waals surface area contributed by atoms with E-state index in [0.717, 1.165) is 6.42 Å². The van der Waals surface area contributed by atoms with E-state index < -0.39 is 15.4 Å². The van der Waals surface area contributed by atoms with Crippen LogP contribution < -0.4 is 0 Å². The van der Waals surface area contributed by atoms with Crippen LogP contribution in [0.25, 0.3) is 0 Å². The summed E-state index contributed by atoms with van der Waals surface area (Å²) >= 11 is 0. The molecule has 2 atom stereocenters. The summed E-state index contributed by atoms with van der Waals surface area (Å²) in [4.78, 5) is 0. The number of sulfone groups is 1. The summed E-state index contributed by atoms with van der Waals surface area (Å²) in [5.74, 6) is 0. The van der Waals surface area contributed by atoms with Crippen LogP contribution in [0.15, 0.2) is 0 Å². The lowest BCUT2D eigenvalue weighted by molar-refractivity contribution is -0.0166. The maximum atomic E-state index is 12.0. The molecule has 0 aromatic rings. The van der Waals surface area contributed by atoms with Crippen LogP contribution in [-0.4, -0.2) is 43.3 Å². The van der Waals surface area contributed by atoms with E-state index in [0.29, 0.717) is 38.7 Å². The molecular formula is C11H20O4S. The summed E-state index contributed by atoms with van der Waals surface area (Å²) in [6.07, 6.45) is 3.76. The Kier molecular flexibility index (Phi) is 3.29. The molecule has 2 bridgehead atoms. The molecule has 2 aliphatic heterocycles. The third kappa shape index (κ3) is 2.13. The van der Waals surface area contributed by atoms with E-state index in [1.54, 1.807) is 7.11 Å². The van der Waals surface area contributed by atoms with Gasteiger partial charge in [0, 0.05) is 13.7 Å². The molecule has 2 fully saturated rings. The van der Waals surface area contributed by atoms with Gasteiger partial charge in [0.25, 0.3) is 0 Å². The molecule has 0 radical (unpaired) electrons. The van der Waals surface area contributed by atoms with Crippen molar-refractivity contribution in [2.24, 2.45) is 0 Å². The minimum absolute atomic E-state index is 0.318. The predicted molar refractivity (Wildman–Crippen MR) is 61.0 cm³/mol. The van der Waals surface area contributed by atoms with Crippen LogP contribution in [-0.2, 0) is 14.6 Å². The van der Waals surface area contributed by atoms with Crippen LogP contribution in [0.5, 0.6) is 0 Å². The topological polar surface area (TPSA) is 63.6 Å². The molecule has 0 spiro atoms. The largest absolute Gasteiger partial charge is 0.390 e. The maximum absolute atomic E-state index is 12.0. The Labute approximate surface area is 96.9 Å². The Hall–Kier alpha value is -0.130. The van der Waals surface area contributed by atoms with Crippen molar-refractivity contribution < 1.29 is 18.3 Å². The highest BCUT2D eigenvalue weighted by molar-refractivity contribution is 7.92. The van der Waals surface area contributed by atoms with Crippen LogP contribution in [0.3, 0.4) is 0 Å². The summed E-state index contributed by atoms with van der Waals surface area (Å²) in [6, 6.07) is 0. The van der Waals surface area contributed by atoms with E-state index in [2.05, 4.69) is 0 Å². The molecule has 4 nitrogen and oxygen atoms in total. The second kappa shape index (κ2) is 4.27. The molecule has 0 aromatic heterocycles. The van der Waals surface area contributed by atoms with Crippen LogP contribution in [0.2, 0.25) is 0 Å². The third-order valence-electron chi connectivity index (χ3n) is 3.97. The molecule has 0 amide bonds. The first-order valence-corrected chi connectivity index (χ1v) is 7.53. The van der Waals surface area contributed by atoms with Gasteiger partial charge < -0.3 is 9.84 Å². The van der Waals surface area contributed by atoms with E-state index in [-0.39, 0.29) is 10.5 Å². The molecule has 16 heavy (non-hydrogen) atoms. The second-order valence-corrected chi connectivity index (χ2v) is 7.65. The van der Waals surface area contributed by atoms with E-state index >= 15 is 0 Å². The molecular weight excluding hydrogens is 228 g/mol. The number of aliphatic hydroxyl groups is 1. The van der Waals surface area contributed by atoms with E-state index in [1.807, 2.05) is 0 Å². The van der Waals surface area contributed by atoms with Gasteiger partial charge in [-0.25, -0.2) is 8.42 Å². The van der Waals surface area contributed by atoms with Crippen molar-refractivity contribution in [3.63, 3.8) is 0 Å². The second-order valence-electron chi connectivity index (χ2n) is 5.14. The average Bonchev–Trinajstić information content (AvgIpc) is 2.18. The van der Waals surface area contributed by atoms with Crippen molar-refractivity contribution in [2.75, 3.05) is 13.7 Å². The molecule has 0 saturated carbocycles. The van der Waals surface area contributed by atoms with Crippen molar-refractivity contribution in [3.8, 4) is 0 Å². The SMILES string of the molecule is COCCC1(O)CC2CCCC(C1)S2(=O)=O. The fourth-order valence-corrected chi connectivity index (χ4v) is 5.66. The van der Waals surface area contributed by atoms with Crippen molar-refractivity contribution in [2.45, 2.75) is 54.6 Å². The van der Waals surface area contributed by atoms with E-state index in [1.165, 1.54) is 0 Å². The van der Waals surface area contributed by atoms with Gasteiger partial charge in [-0.05, 0) is 32.1 Å². The van der Waals surface area contributed by atoms with Gasteiger partial charge in [0.2, 0.25) is 0 Å². The fraction of sp³-hybridized carbons (Fsp3) is 1.00. The molecule has 2 heterocycles. The highest BCUT2D eigenvalue weighted by atomic mass is 32.2. The van der Waals surface area contributed by atoms with Crippen LogP contribution in [0.1, 0.15) is 38.5 Å². The summed E-state index contributed by atoms with van der Waals surface area (Å²) in [5, 5.41) is 9.76. The molecule has 2 unspecified atom stereocenters. The van der Waals surface area contributed by atoms with Crippen molar-refractivity contribution in [1.29, 1.82) is 0 Å². The van der Waals surface area contributed by atoms with Gasteiger partial charge in [-0.15, -0.1) is 0 Å². The van der Waals surface area contributed by atoms with Gasteiger partial charge in [-0.3, -0.25) is 0 Å².